The van der Waals surface area contributed by atoms with Crippen molar-refractivity contribution in [3.63, 3.8) is 0 Å². The number of rotatable bonds is 9. The Morgan fingerprint density at radius 1 is 1.24 bits per heavy atom. The molecule has 1 atom stereocenters. The van der Waals surface area contributed by atoms with Crippen molar-refractivity contribution in [2.45, 2.75) is 38.6 Å². The highest BCUT2D eigenvalue weighted by atomic mass is 16.4. The Bertz CT molecular complexity index is 322. The van der Waals surface area contributed by atoms with Crippen LogP contribution in [0.3, 0.4) is 0 Å². The summed E-state index contributed by atoms with van der Waals surface area (Å²) < 4.78 is 0. The lowest BCUT2D eigenvalue weighted by molar-refractivity contribution is -0.139. The van der Waals surface area contributed by atoms with Gasteiger partial charge in [0.05, 0.1) is 18.2 Å². The molecule has 0 unspecified atom stereocenters. The average molecular weight is 241 g/mol. The third-order valence-corrected chi connectivity index (χ3v) is 2.21. The zero-order valence-corrected chi connectivity index (χ0v) is 10.0. The molecule has 5 heteroatoms. The van der Waals surface area contributed by atoms with E-state index in [2.05, 4.69) is 18.5 Å². The third-order valence-electron chi connectivity index (χ3n) is 2.21. The monoisotopic (exact) mass is 241 g/mol. The van der Waals surface area contributed by atoms with Gasteiger partial charge in [0.15, 0.2) is 5.78 Å². The van der Waals surface area contributed by atoms with Gasteiger partial charge in [-0.1, -0.05) is 20.1 Å². The predicted molar refractivity (Wildman–Crippen MR) is 64.6 cm³/mol. The summed E-state index contributed by atoms with van der Waals surface area (Å²) in [5.74, 6) is -1.18. The lowest BCUT2D eigenvalue weighted by atomic mass is 10.1. The first-order valence-electron chi connectivity index (χ1n) is 5.42. The zero-order chi connectivity index (χ0) is 13.4. The van der Waals surface area contributed by atoms with E-state index in [1.54, 1.807) is 6.92 Å². The van der Waals surface area contributed by atoms with Gasteiger partial charge in [-0.25, -0.2) is 0 Å². The van der Waals surface area contributed by atoms with Crippen LogP contribution in [0.25, 0.3) is 0 Å². The van der Waals surface area contributed by atoms with Gasteiger partial charge in [0.25, 0.3) is 0 Å². The first kappa shape index (κ1) is 15.2. The maximum atomic E-state index is 11.5. The summed E-state index contributed by atoms with van der Waals surface area (Å²) in [6.07, 6.45) is 0.755. The van der Waals surface area contributed by atoms with Crippen molar-refractivity contribution in [2.75, 3.05) is 0 Å². The van der Waals surface area contributed by atoms with Crippen LogP contribution >= 0.6 is 0 Å². The molecule has 0 aliphatic heterocycles. The smallest absolute Gasteiger partial charge is 0.305 e. The van der Waals surface area contributed by atoms with E-state index in [0.29, 0.717) is 18.5 Å². The molecule has 0 spiro atoms. The van der Waals surface area contributed by atoms with Crippen molar-refractivity contribution < 1.29 is 19.8 Å². The summed E-state index contributed by atoms with van der Waals surface area (Å²) in [6.45, 7) is 8.69. The van der Waals surface area contributed by atoms with Gasteiger partial charge >= 0.3 is 5.97 Å². The zero-order valence-electron chi connectivity index (χ0n) is 10.0. The second-order valence-electron chi connectivity index (χ2n) is 3.78. The number of carbonyl (C=O) groups excluding carboxylic acids is 1. The molecule has 0 heterocycles. The van der Waals surface area contributed by atoms with Crippen LogP contribution in [0, 0.1) is 0 Å². The highest BCUT2D eigenvalue weighted by Gasteiger charge is 2.20. The van der Waals surface area contributed by atoms with Gasteiger partial charge in [0.2, 0.25) is 0 Å². The maximum Gasteiger partial charge on any atom is 0.305 e. The molecule has 0 fully saturated rings. The minimum atomic E-state index is -1.04. The molecule has 0 saturated carbocycles. The Labute approximate surface area is 101 Å². The first-order valence-corrected chi connectivity index (χ1v) is 5.42. The van der Waals surface area contributed by atoms with E-state index in [0.717, 1.165) is 0 Å². The number of carboxylic acids is 1. The molecular weight excluding hydrogens is 222 g/mol. The number of hydrogen-bond acceptors (Lipinski definition) is 4. The van der Waals surface area contributed by atoms with E-state index < -0.39 is 12.0 Å². The molecule has 96 valence electrons. The fourth-order valence-corrected chi connectivity index (χ4v) is 1.28. The molecule has 5 nitrogen and oxygen atoms in total. The fourth-order valence-electron chi connectivity index (χ4n) is 1.28. The van der Waals surface area contributed by atoms with E-state index in [9.17, 15) is 9.59 Å². The molecule has 0 saturated heterocycles. The van der Waals surface area contributed by atoms with Crippen LogP contribution in [0.15, 0.2) is 24.6 Å². The molecule has 0 aromatic heterocycles. The van der Waals surface area contributed by atoms with Gasteiger partial charge in [-0.3, -0.25) is 9.59 Å². The number of ketones is 1. The average Bonchev–Trinajstić information content (AvgIpc) is 2.23. The van der Waals surface area contributed by atoms with Crippen LogP contribution in [-0.4, -0.2) is 28.0 Å². The number of carbonyl (C=O) groups is 2. The van der Waals surface area contributed by atoms with E-state index in [1.165, 1.54) is 0 Å². The van der Waals surface area contributed by atoms with Crippen molar-refractivity contribution in [1.82, 2.24) is 5.32 Å². The van der Waals surface area contributed by atoms with Gasteiger partial charge in [-0.05, 0) is 6.42 Å². The number of carboxylic acid groups (broad SMARTS) is 1. The van der Waals surface area contributed by atoms with Crippen LogP contribution in [0.4, 0.5) is 0 Å². The number of allylic oxidation sites excluding steroid dienone is 2. The second-order valence-corrected chi connectivity index (χ2v) is 3.78. The number of aliphatic hydroxyl groups excluding tert-OH is 1. The molecule has 0 aromatic rings. The molecule has 0 amide bonds. The van der Waals surface area contributed by atoms with Gasteiger partial charge in [0, 0.05) is 18.5 Å². The highest BCUT2D eigenvalue weighted by Crippen LogP contribution is 2.07. The topological polar surface area (TPSA) is 86.6 Å². The number of hydrogen-bond donors (Lipinski definition) is 3. The predicted octanol–water partition coefficient (Wildman–Crippen LogP) is 1.76. The van der Waals surface area contributed by atoms with Gasteiger partial charge < -0.3 is 15.5 Å². The normalized spacial score (nSPS) is 11.6. The summed E-state index contributed by atoms with van der Waals surface area (Å²) in [4.78, 5) is 22.1. The summed E-state index contributed by atoms with van der Waals surface area (Å²) in [5.41, 5.74) is 0.522. The van der Waals surface area contributed by atoms with E-state index >= 15 is 0 Å². The summed E-state index contributed by atoms with van der Waals surface area (Å²) in [7, 11) is 0. The third kappa shape index (κ3) is 7.16. The van der Waals surface area contributed by atoms with Crippen molar-refractivity contribution in [3.05, 3.63) is 24.6 Å². The molecule has 0 bridgehead atoms. The van der Waals surface area contributed by atoms with Crippen molar-refractivity contribution in [1.29, 1.82) is 0 Å². The van der Waals surface area contributed by atoms with Crippen molar-refractivity contribution >= 4 is 11.8 Å². The van der Waals surface area contributed by atoms with Gasteiger partial charge in [-0.2, -0.15) is 0 Å². The van der Waals surface area contributed by atoms with Crippen molar-refractivity contribution in [2.24, 2.45) is 0 Å². The SMILES string of the molecule is C=C(O)CCC(=C)N[C@@H](CC(=O)O)C(=O)CC. The Morgan fingerprint density at radius 3 is 2.24 bits per heavy atom. The lowest BCUT2D eigenvalue weighted by Crippen LogP contribution is -2.37. The van der Waals surface area contributed by atoms with Gasteiger partial charge in [0.1, 0.15) is 0 Å². The molecule has 0 aliphatic rings. The minimum absolute atomic E-state index is 0.0320. The Balaban J connectivity index is 4.32. The summed E-state index contributed by atoms with van der Waals surface area (Å²) in [5, 5.41) is 20.4. The number of aliphatic hydroxyl groups is 1. The van der Waals surface area contributed by atoms with E-state index in [1.807, 2.05) is 0 Å². The molecule has 0 aliphatic carbocycles. The Hall–Kier alpha value is -1.78. The Morgan fingerprint density at radius 2 is 1.82 bits per heavy atom. The molecule has 17 heavy (non-hydrogen) atoms. The molecular formula is C12H19NO4. The second kappa shape index (κ2) is 7.49. The molecule has 0 aromatic carbocycles. The van der Waals surface area contributed by atoms with Crippen LogP contribution < -0.4 is 5.32 Å². The van der Waals surface area contributed by atoms with Crippen LogP contribution in [0.5, 0.6) is 0 Å². The highest BCUT2D eigenvalue weighted by molar-refractivity contribution is 5.87. The molecule has 0 rings (SSSR count). The van der Waals surface area contributed by atoms with Gasteiger partial charge in [-0.15, -0.1) is 0 Å². The van der Waals surface area contributed by atoms with Crippen molar-refractivity contribution in [3.8, 4) is 0 Å². The molecule has 3 N–H and O–H groups in total. The number of nitrogens with one attached hydrogen (secondary N) is 1. The molecule has 0 radical (unpaired) electrons. The summed E-state index contributed by atoms with van der Waals surface area (Å²) in [6, 6.07) is -0.753. The first-order chi connectivity index (χ1) is 7.86. The van der Waals surface area contributed by atoms with E-state index in [4.69, 9.17) is 10.2 Å². The van der Waals surface area contributed by atoms with E-state index in [-0.39, 0.29) is 24.4 Å². The van der Waals surface area contributed by atoms with Crippen LogP contribution in [-0.2, 0) is 9.59 Å². The Kier molecular flexibility index (Phi) is 6.70. The minimum Gasteiger partial charge on any atom is -0.513 e. The quantitative estimate of drug-likeness (QED) is 0.535. The maximum absolute atomic E-state index is 11.5. The lowest BCUT2D eigenvalue weighted by Gasteiger charge is -2.18. The van der Waals surface area contributed by atoms with Crippen LogP contribution in [0.2, 0.25) is 0 Å². The summed E-state index contributed by atoms with van der Waals surface area (Å²) >= 11 is 0. The number of aliphatic carboxylic acids is 1. The number of Topliss-reactive ketones (excluding diaryl/α,β-unsaturated/α-hetero) is 1. The standard InChI is InChI=1S/C12H19NO4/c1-4-11(15)10(7-12(16)17)13-8(2)5-6-9(3)14/h10,13-14H,2-7H2,1H3,(H,16,17)/t10-/m0/s1. The van der Waals surface area contributed by atoms with Crippen LogP contribution in [0.1, 0.15) is 32.6 Å². The fraction of sp³-hybridized carbons (Fsp3) is 0.500. The largest absolute Gasteiger partial charge is 0.513 e.